The molecule has 2 saturated carbocycles. The Kier molecular flexibility index (Phi) is 8.91. The summed E-state index contributed by atoms with van der Waals surface area (Å²) >= 11 is 0. The predicted molar refractivity (Wildman–Crippen MR) is 142 cm³/mol. The van der Waals surface area contributed by atoms with Crippen LogP contribution in [-0.2, 0) is 0 Å². The average Bonchev–Trinajstić information content (AvgIpc) is 2.94. The van der Waals surface area contributed by atoms with Gasteiger partial charge in [0.05, 0.1) is 0 Å². The zero-order valence-corrected chi connectivity index (χ0v) is 21.9. The topological polar surface area (TPSA) is 77.6 Å². The lowest BCUT2D eigenvalue weighted by molar-refractivity contribution is 0.0773. The highest BCUT2D eigenvalue weighted by Crippen LogP contribution is 2.27. The second-order valence-electron chi connectivity index (χ2n) is 11.5. The van der Waals surface area contributed by atoms with Crippen LogP contribution in [0.1, 0.15) is 111 Å². The number of carbonyl (C=O) groups is 2. The van der Waals surface area contributed by atoms with Gasteiger partial charge in [0, 0.05) is 24.2 Å². The third-order valence-electron chi connectivity index (χ3n) is 9.03. The summed E-state index contributed by atoms with van der Waals surface area (Å²) in [5, 5.41) is 6.60. The smallest absolute Gasteiger partial charge is 0.270 e. The van der Waals surface area contributed by atoms with Gasteiger partial charge < -0.3 is 10.6 Å². The van der Waals surface area contributed by atoms with Crippen LogP contribution in [0.2, 0.25) is 0 Å². The molecule has 2 amide bonds. The van der Waals surface area contributed by atoms with Crippen LogP contribution >= 0.6 is 0 Å². The first kappa shape index (κ1) is 25.7. The van der Waals surface area contributed by atoms with Crippen LogP contribution in [-0.4, -0.2) is 76.9 Å². The maximum Gasteiger partial charge on any atom is 0.270 e. The Morgan fingerprint density at radius 2 is 1.03 bits per heavy atom. The Balaban J connectivity index is 1.22. The second kappa shape index (κ2) is 12.5. The maximum absolute atomic E-state index is 13.2. The van der Waals surface area contributed by atoms with Gasteiger partial charge in [-0.15, -0.1) is 0 Å². The van der Waals surface area contributed by atoms with Crippen LogP contribution < -0.4 is 10.6 Å². The van der Waals surface area contributed by atoms with Gasteiger partial charge in [-0.25, -0.2) is 4.98 Å². The van der Waals surface area contributed by atoms with Gasteiger partial charge in [0.15, 0.2) is 0 Å². The van der Waals surface area contributed by atoms with Crippen molar-refractivity contribution < 1.29 is 9.59 Å². The van der Waals surface area contributed by atoms with Gasteiger partial charge in [0.1, 0.15) is 11.4 Å². The summed E-state index contributed by atoms with van der Waals surface area (Å²) in [6, 6.07) is 6.44. The Morgan fingerprint density at radius 3 is 1.47 bits per heavy atom. The Morgan fingerprint density at radius 1 is 0.611 bits per heavy atom. The van der Waals surface area contributed by atoms with E-state index in [1.165, 1.54) is 51.4 Å². The average molecular weight is 496 g/mol. The van der Waals surface area contributed by atoms with E-state index in [9.17, 15) is 9.59 Å². The van der Waals surface area contributed by atoms with E-state index in [-0.39, 0.29) is 23.9 Å². The number of likely N-dealkylation sites (tertiary alicyclic amines) is 2. The molecular weight excluding hydrogens is 450 g/mol. The summed E-state index contributed by atoms with van der Waals surface area (Å²) in [6.07, 6.45) is 16.8. The van der Waals surface area contributed by atoms with Crippen LogP contribution in [0.5, 0.6) is 0 Å². The summed E-state index contributed by atoms with van der Waals surface area (Å²) in [6.45, 7) is 4.57. The van der Waals surface area contributed by atoms with E-state index in [4.69, 9.17) is 0 Å². The van der Waals surface area contributed by atoms with E-state index >= 15 is 0 Å². The summed E-state index contributed by atoms with van der Waals surface area (Å²) in [4.78, 5) is 36.2. The molecule has 0 radical (unpaired) electrons. The molecular formula is C29H45N5O2. The minimum atomic E-state index is -0.151. The van der Waals surface area contributed by atoms with Gasteiger partial charge >= 0.3 is 0 Å². The second-order valence-corrected chi connectivity index (χ2v) is 11.5. The van der Waals surface area contributed by atoms with E-state index in [0.29, 0.717) is 23.5 Å². The third kappa shape index (κ3) is 6.28. The van der Waals surface area contributed by atoms with Gasteiger partial charge in [-0.05, 0) is 89.7 Å². The van der Waals surface area contributed by atoms with Crippen LogP contribution in [0.25, 0.3) is 0 Å². The standard InChI is InChI=1S/C29H45N5O2/c35-28(31-22-12-3-5-16-26(22)33-18-7-1-8-19-33)24-14-11-15-25(30-24)29(36)32-23-13-4-6-17-27(23)34-20-9-2-10-21-34/h11,14-15,22-23,26-27H,1-10,12-13,16-21H2,(H,31,35)(H,32,36)/t22-,23-,26-,27-/m1/s1. The van der Waals surface area contributed by atoms with Crippen LogP contribution in [0.3, 0.4) is 0 Å². The van der Waals surface area contributed by atoms with Crippen molar-refractivity contribution in [3.05, 3.63) is 29.6 Å². The van der Waals surface area contributed by atoms with Gasteiger partial charge in [0.2, 0.25) is 0 Å². The molecule has 1 aromatic heterocycles. The number of hydrogen-bond donors (Lipinski definition) is 2. The molecule has 2 aliphatic carbocycles. The summed E-state index contributed by atoms with van der Waals surface area (Å²) in [5.41, 5.74) is 0.698. The van der Waals surface area contributed by atoms with Crippen molar-refractivity contribution >= 4 is 11.8 Å². The van der Waals surface area contributed by atoms with Gasteiger partial charge in [-0.2, -0.15) is 0 Å². The number of nitrogens with zero attached hydrogens (tertiary/aromatic N) is 3. The molecule has 198 valence electrons. The molecule has 0 unspecified atom stereocenters. The Bertz CT molecular complexity index is 813. The fourth-order valence-corrected chi connectivity index (χ4v) is 7.11. The molecule has 3 heterocycles. The zero-order chi connectivity index (χ0) is 24.7. The minimum Gasteiger partial charge on any atom is -0.346 e. The molecule has 4 aliphatic rings. The van der Waals surface area contributed by atoms with Crippen LogP contribution in [0.4, 0.5) is 0 Å². The first-order chi connectivity index (χ1) is 17.7. The first-order valence-corrected chi connectivity index (χ1v) is 14.8. The van der Waals surface area contributed by atoms with E-state index in [2.05, 4.69) is 25.4 Å². The lowest BCUT2D eigenvalue weighted by Crippen LogP contribution is -2.55. The number of carbonyl (C=O) groups excluding carboxylic acids is 2. The van der Waals surface area contributed by atoms with Crippen LogP contribution in [0.15, 0.2) is 18.2 Å². The number of amides is 2. The van der Waals surface area contributed by atoms with Gasteiger partial charge in [-0.3, -0.25) is 19.4 Å². The molecule has 0 aromatic carbocycles. The monoisotopic (exact) mass is 495 g/mol. The molecule has 2 aliphatic heterocycles. The van der Waals surface area contributed by atoms with Crippen molar-refractivity contribution in [1.82, 2.24) is 25.4 Å². The van der Waals surface area contributed by atoms with Crippen molar-refractivity contribution in [3.8, 4) is 0 Å². The van der Waals surface area contributed by atoms with Crippen molar-refractivity contribution in [1.29, 1.82) is 0 Å². The Labute approximate surface area is 216 Å². The highest BCUT2D eigenvalue weighted by atomic mass is 16.2. The summed E-state index contributed by atoms with van der Waals surface area (Å²) in [7, 11) is 0. The fraction of sp³-hybridized carbons (Fsp3) is 0.759. The molecule has 7 nitrogen and oxygen atoms in total. The number of aromatic nitrogens is 1. The normalized spacial score (nSPS) is 30.4. The number of hydrogen-bond acceptors (Lipinski definition) is 5. The highest BCUT2D eigenvalue weighted by Gasteiger charge is 2.34. The molecule has 0 spiro atoms. The van der Waals surface area contributed by atoms with Crippen molar-refractivity contribution in [3.63, 3.8) is 0 Å². The largest absolute Gasteiger partial charge is 0.346 e. The molecule has 7 heteroatoms. The van der Waals surface area contributed by atoms with Crippen LogP contribution in [0, 0.1) is 0 Å². The minimum absolute atomic E-state index is 0.151. The fourth-order valence-electron chi connectivity index (χ4n) is 7.11. The third-order valence-corrected chi connectivity index (χ3v) is 9.03. The summed E-state index contributed by atoms with van der Waals surface area (Å²) < 4.78 is 0. The summed E-state index contributed by atoms with van der Waals surface area (Å²) in [5.74, 6) is -0.301. The number of nitrogens with one attached hydrogen (secondary N) is 2. The van der Waals surface area contributed by atoms with Crippen molar-refractivity contribution in [2.75, 3.05) is 26.2 Å². The molecule has 4 fully saturated rings. The number of rotatable bonds is 6. The SMILES string of the molecule is O=C(N[C@@H]1CCCC[C@H]1N1CCCCC1)c1cccc(C(=O)N[C@@H]2CCCC[C@H]2N2CCCCC2)n1. The van der Waals surface area contributed by atoms with E-state index in [1.807, 2.05) is 0 Å². The molecule has 1 aromatic rings. The first-order valence-electron chi connectivity index (χ1n) is 14.8. The maximum atomic E-state index is 13.2. The Hall–Kier alpha value is -1.99. The molecule has 4 atom stereocenters. The van der Waals surface area contributed by atoms with Crippen molar-refractivity contribution in [2.45, 2.75) is 114 Å². The van der Waals surface area contributed by atoms with Gasteiger partial charge in [0.25, 0.3) is 11.8 Å². The van der Waals surface area contributed by atoms with Crippen molar-refractivity contribution in [2.24, 2.45) is 0 Å². The number of pyridine rings is 1. The lowest BCUT2D eigenvalue weighted by atomic mass is 9.88. The molecule has 2 saturated heterocycles. The molecule has 5 rings (SSSR count). The molecule has 0 bridgehead atoms. The lowest BCUT2D eigenvalue weighted by Gasteiger charge is -2.42. The van der Waals surface area contributed by atoms with E-state index in [1.54, 1.807) is 18.2 Å². The van der Waals surface area contributed by atoms with Gasteiger partial charge in [-0.1, -0.05) is 44.6 Å². The highest BCUT2D eigenvalue weighted by molar-refractivity contribution is 5.96. The van der Waals surface area contributed by atoms with E-state index in [0.717, 1.165) is 64.7 Å². The molecule has 36 heavy (non-hydrogen) atoms. The van der Waals surface area contributed by atoms with E-state index < -0.39 is 0 Å². The zero-order valence-electron chi connectivity index (χ0n) is 21.9. The predicted octanol–water partition coefficient (Wildman–Crippen LogP) is 4.14. The molecule has 2 N–H and O–H groups in total. The quantitative estimate of drug-likeness (QED) is 0.620. The number of piperidine rings is 2.